The van der Waals surface area contributed by atoms with E-state index in [9.17, 15) is 0 Å². The molecule has 0 aliphatic carbocycles. The minimum atomic E-state index is -1.99. The van der Waals surface area contributed by atoms with Gasteiger partial charge in [0, 0.05) is 7.11 Å². The fourth-order valence-corrected chi connectivity index (χ4v) is 8.29. The van der Waals surface area contributed by atoms with Crippen LogP contribution >= 0.6 is 0 Å². The molecule has 0 aromatic carbocycles. The number of rotatable bonds is 12. The molecule has 7 heteroatoms. The van der Waals surface area contributed by atoms with E-state index in [2.05, 4.69) is 32.7 Å². The van der Waals surface area contributed by atoms with Gasteiger partial charge in [-0.25, -0.2) is 0 Å². The van der Waals surface area contributed by atoms with Crippen molar-refractivity contribution in [3.8, 4) is 0 Å². The second kappa shape index (κ2) is 10.0. The van der Waals surface area contributed by atoms with Gasteiger partial charge >= 0.3 is 8.56 Å². The summed E-state index contributed by atoms with van der Waals surface area (Å²) in [5.74, 6) is 0. The third kappa shape index (κ3) is 14.5. The molecule has 0 aromatic heterocycles. The van der Waals surface area contributed by atoms with Gasteiger partial charge in [-0.2, -0.15) is 0 Å². The first-order chi connectivity index (χ1) is 8.77. The van der Waals surface area contributed by atoms with E-state index in [-0.39, 0.29) is 0 Å². The Hall–Kier alpha value is 0.234. The van der Waals surface area contributed by atoms with E-state index in [0.717, 1.165) is 0 Å². The minimum Gasteiger partial charge on any atom is -0.436 e. The van der Waals surface area contributed by atoms with Crippen molar-refractivity contribution in [2.75, 3.05) is 46.8 Å². The molecule has 0 bridgehead atoms. The first kappa shape index (κ1) is 19.2. The van der Waals surface area contributed by atoms with Gasteiger partial charge in [0.05, 0.1) is 39.6 Å². The number of hydrogen-bond donors (Lipinski definition) is 0. The molecule has 116 valence electrons. The molecule has 0 spiro atoms. The zero-order chi connectivity index (χ0) is 14.8. The van der Waals surface area contributed by atoms with Gasteiger partial charge in [0.25, 0.3) is 0 Å². The normalized spacial score (nSPS) is 12.9. The average Bonchev–Trinajstić information content (AvgIpc) is 2.23. The van der Waals surface area contributed by atoms with Crippen LogP contribution in [0.4, 0.5) is 0 Å². The predicted molar refractivity (Wildman–Crippen MR) is 81.4 cm³/mol. The van der Waals surface area contributed by atoms with Crippen molar-refractivity contribution < 1.29 is 22.8 Å². The number of methoxy groups -OCH3 is 1. The molecular weight excluding hydrogens is 280 g/mol. The molecule has 0 atom stereocenters. The summed E-state index contributed by atoms with van der Waals surface area (Å²) in [6.45, 7) is 14.3. The van der Waals surface area contributed by atoms with Crippen molar-refractivity contribution in [1.29, 1.82) is 0 Å². The highest BCUT2D eigenvalue weighted by Crippen LogP contribution is 2.14. The van der Waals surface area contributed by atoms with Crippen LogP contribution in [-0.4, -0.2) is 63.6 Å². The summed E-state index contributed by atoms with van der Waals surface area (Å²) in [7, 11) is -1.86. The second-order valence-corrected chi connectivity index (χ2v) is 13.8. The predicted octanol–water partition coefficient (Wildman–Crippen LogP) is 2.24. The van der Waals surface area contributed by atoms with Crippen LogP contribution in [0.2, 0.25) is 32.7 Å². The van der Waals surface area contributed by atoms with Crippen molar-refractivity contribution in [1.82, 2.24) is 0 Å². The van der Waals surface area contributed by atoms with Gasteiger partial charge in [-0.1, -0.05) is 0 Å². The summed E-state index contributed by atoms with van der Waals surface area (Å²) < 4.78 is 27.5. The van der Waals surface area contributed by atoms with Gasteiger partial charge < -0.3 is 22.8 Å². The van der Waals surface area contributed by atoms with Crippen LogP contribution in [0.25, 0.3) is 0 Å². The molecule has 0 rings (SSSR count). The average molecular weight is 311 g/mol. The van der Waals surface area contributed by atoms with E-state index in [1.54, 1.807) is 7.11 Å². The Bertz CT molecular complexity index is 219. The minimum absolute atomic E-state index is 0.582. The van der Waals surface area contributed by atoms with Crippen molar-refractivity contribution in [2.45, 2.75) is 32.7 Å². The maximum Gasteiger partial charge on any atom is 0.321 e. The molecule has 0 fully saturated rings. The molecule has 19 heavy (non-hydrogen) atoms. The van der Waals surface area contributed by atoms with Gasteiger partial charge in [-0.3, -0.25) is 0 Å². The van der Waals surface area contributed by atoms with Crippen LogP contribution < -0.4 is 0 Å². The van der Waals surface area contributed by atoms with Crippen LogP contribution in [0.3, 0.4) is 0 Å². The fourth-order valence-electron chi connectivity index (χ4n) is 1.58. The van der Waals surface area contributed by atoms with Crippen LogP contribution in [0.15, 0.2) is 0 Å². The lowest BCUT2D eigenvalue weighted by Gasteiger charge is -2.30. The third-order valence-electron chi connectivity index (χ3n) is 2.03. The molecular formula is C12H30O5Si2. The van der Waals surface area contributed by atoms with Crippen molar-refractivity contribution in [2.24, 2.45) is 0 Å². The molecule has 0 aliphatic heterocycles. The number of ether oxygens (including phenoxy) is 3. The molecule has 0 N–H and O–H groups in total. The van der Waals surface area contributed by atoms with Gasteiger partial charge in [0.15, 0.2) is 8.32 Å². The maximum atomic E-state index is 6.06. The molecule has 0 saturated carbocycles. The summed E-state index contributed by atoms with van der Waals surface area (Å²) in [5, 5.41) is 0. The van der Waals surface area contributed by atoms with Crippen LogP contribution in [-0.2, 0) is 22.8 Å². The lowest BCUT2D eigenvalue weighted by atomic mass is 10.7. The standard InChI is InChI=1S/C12H30O5Si2/c1-13-7-8-14-9-10-15-11-12-16-19(5,6)17-18(2,3)4/h7-12H2,1-6H3. The SMILES string of the molecule is COCCOCCOCCO[Si](C)(C)O[Si](C)(C)C. The van der Waals surface area contributed by atoms with E-state index in [0.29, 0.717) is 39.6 Å². The lowest BCUT2D eigenvalue weighted by Crippen LogP contribution is -2.45. The van der Waals surface area contributed by atoms with E-state index in [1.165, 1.54) is 0 Å². The molecule has 0 amide bonds. The Morgan fingerprint density at radius 1 is 0.684 bits per heavy atom. The Labute approximate surface area is 119 Å². The third-order valence-corrected chi connectivity index (χ3v) is 7.35. The van der Waals surface area contributed by atoms with Gasteiger partial charge in [0.2, 0.25) is 0 Å². The Balaban J connectivity index is 3.43. The largest absolute Gasteiger partial charge is 0.436 e. The highest BCUT2D eigenvalue weighted by Gasteiger charge is 2.31. The van der Waals surface area contributed by atoms with E-state index < -0.39 is 16.9 Å². The van der Waals surface area contributed by atoms with Crippen LogP contribution in [0.5, 0.6) is 0 Å². The fraction of sp³-hybridized carbons (Fsp3) is 1.00. The second-order valence-electron chi connectivity index (χ2n) is 5.68. The summed E-state index contributed by atoms with van der Waals surface area (Å²) in [4.78, 5) is 0. The monoisotopic (exact) mass is 310 g/mol. The van der Waals surface area contributed by atoms with Crippen LogP contribution in [0.1, 0.15) is 0 Å². The topological polar surface area (TPSA) is 46.2 Å². The molecule has 0 aromatic rings. The molecule has 0 aliphatic rings. The van der Waals surface area contributed by atoms with Crippen molar-refractivity contribution >= 4 is 16.9 Å². The molecule has 5 nitrogen and oxygen atoms in total. The first-order valence-electron chi connectivity index (χ1n) is 6.75. The molecule has 0 heterocycles. The van der Waals surface area contributed by atoms with Gasteiger partial charge in [-0.15, -0.1) is 0 Å². The highest BCUT2D eigenvalue weighted by molar-refractivity contribution is 6.81. The van der Waals surface area contributed by atoms with Gasteiger partial charge in [0.1, 0.15) is 0 Å². The quantitative estimate of drug-likeness (QED) is 0.409. The molecule has 0 unspecified atom stereocenters. The van der Waals surface area contributed by atoms with E-state index in [1.807, 2.05) is 0 Å². The van der Waals surface area contributed by atoms with Crippen LogP contribution in [0, 0.1) is 0 Å². The number of hydrogen-bond acceptors (Lipinski definition) is 5. The Morgan fingerprint density at radius 2 is 1.16 bits per heavy atom. The summed E-state index contributed by atoms with van der Waals surface area (Å²) in [5.41, 5.74) is 0. The maximum absolute atomic E-state index is 6.06. The van der Waals surface area contributed by atoms with Gasteiger partial charge in [-0.05, 0) is 32.7 Å². The summed E-state index contributed by atoms with van der Waals surface area (Å²) in [6.07, 6.45) is 0. The zero-order valence-electron chi connectivity index (χ0n) is 13.3. The van der Waals surface area contributed by atoms with Crippen molar-refractivity contribution in [3.05, 3.63) is 0 Å². The molecule has 0 saturated heterocycles. The smallest absolute Gasteiger partial charge is 0.321 e. The first-order valence-corrected chi connectivity index (χ1v) is 13.0. The summed E-state index contributed by atoms with van der Waals surface area (Å²) >= 11 is 0. The zero-order valence-corrected chi connectivity index (χ0v) is 15.3. The lowest BCUT2D eigenvalue weighted by molar-refractivity contribution is 0.0159. The highest BCUT2D eigenvalue weighted by atomic mass is 28.4. The van der Waals surface area contributed by atoms with E-state index >= 15 is 0 Å². The molecule has 0 radical (unpaired) electrons. The van der Waals surface area contributed by atoms with Crippen molar-refractivity contribution in [3.63, 3.8) is 0 Å². The Kier molecular flexibility index (Phi) is 10.2. The summed E-state index contributed by atoms with van der Waals surface area (Å²) in [6, 6.07) is 0. The van der Waals surface area contributed by atoms with E-state index in [4.69, 9.17) is 22.8 Å². The Morgan fingerprint density at radius 3 is 1.63 bits per heavy atom.